The zero-order chi connectivity index (χ0) is 32.5. The zero-order valence-electron chi connectivity index (χ0n) is 26.4. The molecular formula is C39H37NO6. The quantitative estimate of drug-likeness (QED) is 0.285. The highest BCUT2D eigenvalue weighted by molar-refractivity contribution is 6.31. The Hall–Kier alpha value is -4.78. The number of ether oxygens (including phenoxy) is 1. The molecule has 2 fully saturated rings. The Balaban J connectivity index is 1.51. The number of benzene rings is 3. The van der Waals surface area contributed by atoms with Crippen LogP contribution in [0.25, 0.3) is 5.57 Å². The van der Waals surface area contributed by atoms with Crippen LogP contribution in [-0.2, 0) is 24.6 Å². The van der Waals surface area contributed by atoms with E-state index >= 15 is 4.79 Å². The Kier molecular flexibility index (Phi) is 6.92. The van der Waals surface area contributed by atoms with Crippen LogP contribution in [0.3, 0.4) is 0 Å². The lowest BCUT2D eigenvalue weighted by Crippen LogP contribution is -2.59. The van der Waals surface area contributed by atoms with Crippen molar-refractivity contribution in [1.29, 1.82) is 0 Å². The molecule has 0 bridgehead atoms. The molecule has 1 saturated heterocycles. The summed E-state index contributed by atoms with van der Waals surface area (Å²) in [5, 5.41) is 11.6. The lowest BCUT2D eigenvalue weighted by Gasteiger charge is -2.55. The lowest BCUT2D eigenvalue weighted by atomic mass is 9.44. The van der Waals surface area contributed by atoms with Crippen LogP contribution in [0.4, 0.5) is 0 Å². The van der Waals surface area contributed by atoms with Gasteiger partial charge in [-0.05, 0) is 62.8 Å². The summed E-state index contributed by atoms with van der Waals surface area (Å²) in [4.78, 5) is 59.3. The first kappa shape index (κ1) is 29.9. The van der Waals surface area contributed by atoms with Crippen molar-refractivity contribution >= 4 is 29.0 Å². The Morgan fingerprint density at radius 2 is 1.54 bits per heavy atom. The van der Waals surface area contributed by atoms with Gasteiger partial charge in [0.1, 0.15) is 11.5 Å². The average Bonchev–Trinajstić information content (AvgIpc) is 3.32. The van der Waals surface area contributed by atoms with E-state index in [1.54, 1.807) is 12.1 Å². The molecule has 1 aliphatic heterocycles. The predicted octanol–water partition coefficient (Wildman–Crippen LogP) is 6.02. The number of hydrogen-bond donors (Lipinski definition) is 1. The molecule has 0 spiro atoms. The van der Waals surface area contributed by atoms with Gasteiger partial charge < -0.3 is 9.84 Å². The Labute approximate surface area is 268 Å². The molecule has 7 rings (SSSR count). The van der Waals surface area contributed by atoms with Crippen molar-refractivity contribution in [2.75, 3.05) is 7.11 Å². The number of nitrogens with zero attached hydrogens (tertiary/aromatic N) is 1. The van der Waals surface area contributed by atoms with Crippen molar-refractivity contribution in [3.63, 3.8) is 0 Å². The third kappa shape index (κ3) is 4.17. The maximum absolute atomic E-state index is 15.0. The van der Waals surface area contributed by atoms with Crippen LogP contribution in [0.5, 0.6) is 11.5 Å². The minimum Gasteiger partial charge on any atom is -0.508 e. The molecule has 4 aliphatic rings. The molecule has 7 heteroatoms. The van der Waals surface area contributed by atoms with E-state index in [-0.39, 0.29) is 35.6 Å². The molecule has 6 atom stereocenters. The first-order valence-corrected chi connectivity index (χ1v) is 15.9. The number of aromatic hydroxyl groups is 1. The van der Waals surface area contributed by atoms with E-state index in [1.165, 1.54) is 24.2 Å². The van der Waals surface area contributed by atoms with Gasteiger partial charge >= 0.3 is 0 Å². The standard InChI is InChI=1S/C39H37NO6/c1-38(2,3)40-36(44)27-18-17-25-29(33(27)37(40)45)20-30-35(43)28(22-11-7-5-8-12-22)21-32(42)39(30,23-13-9-6-10-14-23)34(25)26-16-15-24(46-4)19-31(26)41/h5-17,19,21,27,29-30,33-34,41H,18,20H2,1-4H3. The summed E-state index contributed by atoms with van der Waals surface area (Å²) in [6.45, 7) is 5.57. The number of allylic oxidation sites excluding steroid dienone is 4. The molecule has 234 valence electrons. The third-order valence-electron chi connectivity index (χ3n) is 10.6. The SMILES string of the molecule is COc1ccc(C2C3=CCC4C(=O)N(C(C)(C)C)C(=O)C4C3CC3C(=O)C(c4ccccc4)=CC(=O)C32c2ccccc2)c(O)c1. The summed E-state index contributed by atoms with van der Waals surface area (Å²) in [5.41, 5.74) is 0.857. The molecule has 3 aliphatic carbocycles. The van der Waals surface area contributed by atoms with Gasteiger partial charge in [0.25, 0.3) is 0 Å². The largest absolute Gasteiger partial charge is 0.508 e. The van der Waals surface area contributed by atoms with Crippen LogP contribution in [0.15, 0.2) is 96.6 Å². The van der Waals surface area contributed by atoms with Gasteiger partial charge in [0, 0.05) is 34.6 Å². The summed E-state index contributed by atoms with van der Waals surface area (Å²) >= 11 is 0. The minimum absolute atomic E-state index is 0.0645. The van der Waals surface area contributed by atoms with E-state index in [0.717, 1.165) is 5.57 Å². The number of imide groups is 1. The van der Waals surface area contributed by atoms with Crippen LogP contribution in [-0.4, -0.2) is 46.0 Å². The van der Waals surface area contributed by atoms with Gasteiger partial charge in [-0.25, -0.2) is 0 Å². The van der Waals surface area contributed by atoms with E-state index in [4.69, 9.17) is 4.74 Å². The zero-order valence-corrected chi connectivity index (χ0v) is 26.4. The summed E-state index contributed by atoms with van der Waals surface area (Å²) in [5.74, 6) is -3.80. The number of amides is 2. The third-order valence-corrected chi connectivity index (χ3v) is 10.6. The molecule has 3 aromatic rings. The molecule has 0 radical (unpaired) electrons. The van der Waals surface area contributed by atoms with E-state index in [9.17, 15) is 19.5 Å². The second-order valence-electron chi connectivity index (χ2n) is 13.9. The maximum atomic E-state index is 15.0. The molecule has 0 aromatic heterocycles. The van der Waals surface area contributed by atoms with E-state index in [0.29, 0.717) is 34.4 Å². The molecule has 1 heterocycles. The van der Waals surface area contributed by atoms with Gasteiger partial charge in [-0.2, -0.15) is 0 Å². The Morgan fingerprint density at radius 3 is 2.17 bits per heavy atom. The first-order valence-electron chi connectivity index (χ1n) is 15.9. The number of carbonyl (C=O) groups excluding carboxylic acids is 4. The highest BCUT2D eigenvalue weighted by atomic mass is 16.5. The highest BCUT2D eigenvalue weighted by Crippen LogP contribution is 2.64. The fourth-order valence-electron chi connectivity index (χ4n) is 8.77. The number of Topliss-reactive ketones (excluding diaryl/α,β-unsaturated/α-hetero) is 1. The normalized spacial score (nSPS) is 29.0. The van der Waals surface area contributed by atoms with Crippen molar-refractivity contribution in [3.8, 4) is 11.5 Å². The summed E-state index contributed by atoms with van der Waals surface area (Å²) in [6, 6.07) is 23.5. The Bertz CT molecular complexity index is 1830. The number of rotatable bonds is 4. The summed E-state index contributed by atoms with van der Waals surface area (Å²) < 4.78 is 5.40. The number of fused-ring (bicyclic) bond motifs is 4. The smallest absolute Gasteiger partial charge is 0.234 e. The predicted molar refractivity (Wildman–Crippen MR) is 173 cm³/mol. The minimum atomic E-state index is -1.40. The molecule has 1 saturated carbocycles. The van der Waals surface area contributed by atoms with Crippen LogP contribution >= 0.6 is 0 Å². The van der Waals surface area contributed by atoms with Gasteiger partial charge in [-0.1, -0.05) is 78.4 Å². The fourth-order valence-corrected chi connectivity index (χ4v) is 8.77. The molecule has 3 aromatic carbocycles. The van der Waals surface area contributed by atoms with Crippen molar-refractivity contribution in [2.45, 2.75) is 50.5 Å². The van der Waals surface area contributed by atoms with Crippen molar-refractivity contribution in [2.24, 2.45) is 23.7 Å². The van der Waals surface area contributed by atoms with E-state index < -0.39 is 40.5 Å². The second kappa shape index (κ2) is 10.6. The van der Waals surface area contributed by atoms with Crippen molar-refractivity contribution < 1.29 is 29.0 Å². The van der Waals surface area contributed by atoms with Gasteiger partial charge in [0.05, 0.1) is 24.4 Å². The monoisotopic (exact) mass is 615 g/mol. The van der Waals surface area contributed by atoms with E-state index in [1.807, 2.05) is 87.5 Å². The first-order chi connectivity index (χ1) is 22.0. The molecule has 1 N–H and O–H groups in total. The van der Waals surface area contributed by atoms with Crippen molar-refractivity contribution in [1.82, 2.24) is 4.90 Å². The molecular weight excluding hydrogens is 578 g/mol. The molecule has 6 unspecified atom stereocenters. The fraction of sp³-hybridized carbons (Fsp3) is 0.333. The number of phenolic OH excluding ortho intramolecular Hbond substituents is 1. The van der Waals surface area contributed by atoms with Crippen LogP contribution in [0, 0.1) is 23.7 Å². The number of ketones is 2. The highest BCUT2D eigenvalue weighted by Gasteiger charge is 2.66. The summed E-state index contributed by atoms with van der Waals surface area (Å²) in [6.07, 6.45) is 4.05. The van der Waals surface area contributed by atoms with Crippen molar-refractivity contribution in [3.05, 3.63) is 113 Å². The average molecular weight is 616 g/mol. The number of carbonyl (C=O) groups is 4. The molecule has 46 heavy (non-hydrogen) atoms. The number of hydrogen-bond acceptors (Lipinski definition) is 6. The van der Waals surface area contributed by atoms with Crippen LogP contribution < -0.4 is 4.74 Å². The van der Waals surface area contributed by atoms with Crippen LogP contribution in [0.2, 0.25) is 0 Å². The molecule has 2 amide bonds. The van der Waals surface area contributed by atoms with Gasteiger partial charge in [0.15, 0.2) is 11.6 Å². The van der Waals surface area contributed by atoms with Gasteiger partial charge in [0.2, 0.25) is 11.8 Å². The summed E-state index contributed by atoms with van der Waals surface area (Å²) in [7, 11) is 1.51. The van der Waals surface area contributed by atoms with Crippen LogP contribution in [0.1, 0.15) is 56.2 Å². The topological polar surface area (TPSA) is 101 Å². The lowest BCUT2D eigenvalue weighted by molar-refractivity contribution is -0.145. The van der Waals surface area contributed by atoms with Gasteiger partial charge in [-0.3, -0.25) is 24.1 Å². The number of likely N-dealkylation sites (tertiary alicyclic amines) is 1. The maximum Gasteiger partial charge on any atom is 0.234 e. The molecule has 7 nitrogen and oxygen atoms in total. The van der Waals surface area contributed by atoms with Gasteiger partial charge in [-0.15, -0.1) is 0 Å². The second-order valence-corrected chi connectivity index (χ2v) is 13.9. The number of methoxy groups -OCH3 is 1. The number of phenols is 1. The Morgan fingerprint density at radius 1 is 0.870 bits per heavy atom. The van der Waals surface area contributed by atoms with E-state index in [2.05, 4.69) is 0 Å².